The molecule has 1 heterocycles. The van der Waals surface area contributed by atoms with Crippen molar-refractivity contribution in [1.29, 1.82) is 0 Å². The Bertz CT molecular complexity index is 347. The first kappa shape index (κ1) is 10.4. The lowest BCUT2D eigenvalue weighted by atomic mass is 9.84. The van der Waals surface area contributed by atoms with Crippen LogP contribution in [0.15, 0.2) is 0 Å². The number of aromatic nitrogens is 2. The summed E-state index contributed by atoms with van der Waals surface area (Å²) >= 11 is 8.43. The number of hydrogen-bond donors (Lipinski definition) is 2. The van der Waals surface area contributed by atoms with Gasteiger partial charge in [-0.1, -0.05) is 17.8 Å². The summed E-state index contributed by atoms with van der Waals surface area (Å²) in [5.74, 6) is 0. The molecule has 3 nitrogen and oxygen atoms in total. The second-order valence-electron chi connectivity index (χ2n) is 3.51. The average molecular weight is 247 g/mol. The van der Waals surface area contributed by atoms with Gasteiger partial charge in [0, 0.05) is 11.3 Å². The zero-order valence-electron chi connectivity index (χ0n) is 8.00. The van der Waals surface area contributed by atoms with Crippen LogP contribution in [0.5, 0.6) is 0 Å². The van der Waals surface area contributed by atoms with Crippen molar-refractivity contribution >= 4 is 40.4 Å². The van der Waals surface area contributed by atoms with Crippen LogP contribution in [-0.2, 0) is 0 Å². The van der Waals surface area contributed by atoms with Crippen molar-refractivity contribution in [2.75, 3.05) is 18.1 Å². The van der Waals surface area contributed by atoms with Gasteiger partial charge >= 0.3 is 0 Å². The zero-order valence-corrected chi connectivity index (χ0v) is 10.4. The third-order valence-electron chi connectivity index (χ3n) is 2.70. The summed E-state index contributed by atoms with van der Waals surface area (Å²) in [6, 6.07) is 0. The molecule has 0 saturated heterocycles. The number of anilines is 1. The van der Waals surface area contributed by atoms with E-state index in [9.17, 15) is 0 Å². The molecule has 0 unspecified atom stereocenters. The molecule has 0 amide bonds. The Balaban J connectivity index is 1.90. The average Bonchev–Trinajstić information content (AvgIpc) is 2.50. The van der Waals surface area contributed by atoms with E-state index in [2.05, 4.69) is 21.8 Å². The van der Waals surface area contributed by atoms with Crippen LogP contribution in [0.25, 0.3) is 0 Å². The summed E-state index contributed by atoms with van der Waals surface area (Å²) in [4.78, 5) is 0. The van der Waals surface area contributed by atoms with Crippen molar-refractivity contribution in [2.45, 2.75) is 24.0 Å². The fourth-order valence-corrected chi connectivity index (χ4v) is 3.26. The molecule has 0 atom stereocenters. The van der Waals surface area contributed by atoms with Gasteiger partial charge in [-0.15, -0.1) is 5.10 Å². The quantitative estimate of drug-likeness (QED) is 0.803. The zero-order chi connectivity index (χ0) is 10.0. The lowest BCUT2D eigenvalue weighted by molar-refractivity contribution is 0.380. The van der Waals surface area contributed by atoms with Gasteiger partial charge in [0.25, 0.3) is 0 Å². The predicted molar refractivity (Wildman–Crippen MR) is 65.9 cm³/mol. The minimum atomic E-state index is 0.452. The predicted octanol–water partition coefficient (Wildman–Crippen LogP) is 2.90. The Morgan fingerprint density at radius 1 is 1.71 bits per heavy atom. The highest BCUT2D eigenvalue weighted by molar-refractivity contribution is 8.00. The SMILES string of the molecule is CSC1(CNc2n[nH]c(=S)s2)CCC1. The first-order valence-corrected chi connectivity index (χ1v) is 7.04. The van der Waals surface area contributed by atoms with Crippen molar-refractivity contribution in [3.05, 3.63) is 3.95 Å². The van der Waals surface area contributed by atoms with Crippen molar-refractivity contribution in [3.63, 3.8) is 0 Å². The highest BCUT2D eigenvalue weighted by atomic mass is 32.2. The summed E-state index contributed by atoms with van der Waals surface area (Å²) in [7, 11) is 0. The third-order valence-corrected chi connectivity index (χ3v) is 5.16. The fourth-order valence-electron chi connectivity index (χ4n) is 1.57. The molecule has 0 aromatic carbocycles. The molecule has 6 heteroatoms. The van der Waals surface area contributed by atoms with E-state index in [1.54, 1.807) is 0 Å². The van der Waals surface area contributed by atoms with Crippen LogP contribution in [-0.4, -0.2) is 27.7 Å². The van der Waals surface area contributed by atoms with Crippen LogP contribution in [0, 0.1) is 3.95 Å². The van der Waals surface area contributed by atoms with Crippen molar-refractivity contribution in [3.8, 4) is 0 Å². The Labute approximate surface area is 96.7 Å². The van der Waals surface area contributed by atoms with Crippen molar-refractivity contribution in [1.82, 2.24) is 10.2 Å². The molecule has 0 bridgehead atoms. The fraction of sp³-hybridized carbons (Fsp3) is 0.750. The molecule has 0 spiro atoms. The van der Waals surface area contributed by atoms with Gasteiger partial charge in [0.1, 0.15) is 0 Å². The van der Waals surface area contributed by atoms with Gasteiger partial charge in [0.2, 0.25) is 5.13 Å². The van der Waals surface area contributed by atoms with Crippen LogP contribution >= 0.6 is 35.3 Å². The molecule has 78 valence electrons. The molecule has 0 aliphatic heterocycles. The van der Waals surface area contributed by atoms with Crippen LogP contribution in [0.4, 0.5) is 5.13 Å². The summed E-state index contributed by atoms with van der Waals surface area (Å²) in [6.45, 7) is 1.00. The largest absolute Gasteiger partial charge is 0.359 e. The van der Waals surface area contributed by atoms with E-state index < -0.39 is 0 Å². The second kappa shape index (κ2) is 4.20. The van der Waals surface area contributed by atoms with Crippen LogP contribution < -0.4 is 5.32 Å². The molecular formula is C8H13N3S3. The lowest BCUT2D eigenvalue weighted by Gasteiger charge is -2.40. The lowest BCUT2D eigenvalue weighted by Crippen LogP contribution is -2.40. The van der Waals surface area contributed by atoms with Gasteiger partial charge in [-0.3, -0.25) is 5.10 Å². The second-order valence-corrected chi connectivity index (χ2v) is 6.45. The minimum Gasteiger partial charge on any atom is -0.359 e. The number of nitrogens with zero attached hydrogens (tertiary/aromatic N) is 1. The number of nitrogens with one attached hydrogen (secondary N) is 2. The van der Waals surface area contributed by atoms with E-state index in [0.717, 1.165) is 15.6 Å². The van der Waals surface area contributed by atoms with E-state index in [1.807, 2.05) is 11.8 Å². The van der Waals surface area contributed by atoms with Crippen LogP contribution in [0.1, 0.15) is 19.3 Å². The highest BCUT2D eigenvalue weighted by Crippen LogP contribution is 2.42. The van der Waals surface area contributed by atoms with Gasteiger partial charge in [0.15, 0.2) is 3.95 Å². The van der Waals surface area contributed by atoms with Gasteiger partial charge < -0.3 is 5.32 Å². The molecule has 1 saturated carbocycles. The summed E-state index contributed by atoms with van der Waals surface area (Å²) in [5, 5.41) is 11.1. The smallest absolute Gasteiger partial charge is 0.204 e. The monoisotopic (exact) mass is 247 g/mol. The van der Waals surface area contributed by atoms with Crippen molar-refractivity contribution < 1.29 is 0 Å². The maximum Gasteiger partial charge on any atom is 0.204 e. The molecule has 14 heavy (non-hydrogen) atoms. The molecule has 1 fully saturated rings. The Morgan fingerprint density at radius 2 is 2.50 bits per heavy atom. The molecule has 2 rings (SSSR count). The molecule has 1 aliphatic carbocycles. The summed E-state index contributed by atoms with van der Waals surface area (Å²) in [5.41, 5.74) is 0. The number of aromatic amines is 1. The highest BCUT2D eigenvalue weighted by Gasteiger charge is 2.35. The van der Waals surface area contributed by atoms with Crippen LogP contribution in [0.3, 0.4) is 0 Å². The summed E-state index contributed by atoms with van der Waals surface area (Å²) in [6.07, 6.45) is 6.18. The number of hydrogen-bond acceptors (Lipinski definition) is 5. The number of H-pyrrole nitrogens is 1. The van der Waals surface area contributed by atoms with E-state index >= 15 is 0 Å². The van der Waals surface area contributed by atoms with E-state index in [0.29, 0.717) is 4.75 Å². The maximum absolute atomic E-state index is 4.97. The van der Waals surface area contributed by atoms with Gasteiger partial charge in [-0.25, -0.2) is 0 Å². The molecule has 0 radical (unpaired) electrons. The number of thioether (sulfide) groups is 1. The topological polar surface area (TPSA) is 40.7 Å². The molecule has 2 N–H and O–H groups in total. The third kappa shape index (κ3) is 2.12. The normalized spacial score (nSPS) is 18.9. The van der Waals surface area contributed by atoms with E-state index in [-0.39, 0.29) is 0 Å². The number of rotatable bonds is 4. The van der Waals surface area contributed by atoms with Crippen molar-refractivity contribution in [2.24, 2.45) is 0 Å². The molecule has 1 aromatic heterocycles. The van der Waals surface area contributed by atoms with Gasteiger partial charge in [0.05, 0.1) is 0 Å². The van der Waals surface area contributed by atoms with E-state index in [1.165, 1.54) is 30.6 Å². The Hall–Kier alpha value is -0.0700. The molecule has 1 aromatic rings. The Kier molecular flexibility index (Phi) is 3.14. The summed E-state index contributed by atoms with van der Waals surface area (Å²) < 4.78 is 1.19. The molecule has 1 aliphatic rings. The van der Waals surface area contributed by atoms with Gasteiger partial charge in [-0.05, 0) is 31.3 Å². The van der Waals surface area contributed by atoms with Gasteiger partial charge in [-0.2, -0.15) is 11.8 Å². The minimum absolute atomic E-state index is 0.452. The first-order valence-electron chi connectivity index (χ1n) is 4.59. The molecular weight excluding hydrogens is 234 g/mol. The Morgan fingerprint density at radius 3 is 2.93 bits per heavy atom. The standard InChI is InChI=1S/C8H13N3S3/c1-13-8(3-2-4-8)5-9-6-10-11-7(12)14-6/h2-5H2,1H3,(H,9,10)(H,11,12). The van der Waals surface area contributed by atoms with Crippen LogP contribution in [0.2, 0.25) is 0 Å². The maximum atomic E-state index is 4.97. The first-order chi connectivity index (χ1) is 6.74. The van der Waals surface area contributed by atoms with E-state index in [4.69, 9.17) is 12.2 Å².